The van der Waals surface area contributed by atoms with Gasteiger partial charge in [0.2, 0.25) is 5.91 Å². The monoisotopic (exact) mass is 463 g/mol. The first-order valence-corrected chi connectivity index (χ1v) is 11.5. The Morgan fingerprint density at radius 1 is 1.24 bits per heavy atom. The van der Waals surface area contributed by atoms with Gasteiger partial charge in [-0.25, -0.2) is 4.98 Å². The first-order chi connectivity index (χ1) is 16.4. The Morgan fingerprint density at radius 2 is 2.00 bits per heavy atom. The molecule has 0 radical (unpaired) electrons. The molecule has 1 atom stereocenters. The molecular weight excluding hydrogens is 434 g/mol. The molecule has 9 heteroatoms. The predicted octanol–water partition coefficient (Wildman–Crippen LogP) is 2.05. The molecule has 1 N–H and O–H groups in total. The number of hydrogen-bond acceptors (Lipinski definition) is 6. The van der Waals surface area contributed by atoms with Gasteiger partial charge in [-0.2, -0.15) is 0 Å². The summed E-state index contributed by atoms with van der Waals surface area (Å²) in [6.07, 6.45) is 5.95. The van der Waals surface area contributed by atoms with Crippen molar-refractivity contribution in [3.63, 3.8) is 0 Å². The Morgan fingerprint density at radius 3 is 2.62 bits per heavy atom. The summed E-state index contributed by atoms with van der Waals surface area (Å²) in [6.45, 7) is 3.07. The minimum absolute atomic E-state index is 0.0641. The number of carbonyl (C=O) groups is 2. The van der Waals surface area contributed by atoms with E-state index in [-0.39, 0.29) is 29.5 Å². The number of aromatic nitrogens is 3. The molecule has 2 amide bonds. The fourth-order valence-corrected chi connectivity index (χ4v) is 5.79. The van der Waals surface area contributed by atoms with Crippen LogP contribution in [0.2, 0.25) is 0 Å². The number of piperidine rings is 1. The molecule has 0 bridgehead atoms. The number of aryl methyl sites for hydroxylation is 1. The summed E-state index contributed by atoms with van der Waals surface area (Å²) in [5.41, 5.74) is 2.98. The smallest absolute Gasteiger partial charge is 0.274 e. The molecule has 5 rings (SSSR count). The fourth-order valence-electron chi connectivity index (χ4n) is 5.79. The summed E-state index contributed by atoms with van der Waals surface area (Å²) in [7, 11) is 3.61. The predicted molar refractivity (Wildman–Crippen MR) is 126 cm³/mol. The number of carbonyl (C=O) groups excluding carboxylic acids is 2. The molecule has 3 aromatic rings. The minimum atomic E-state index is -0.524. The van der Waals surface area contributed by atoms with E-state index in [0.29, 0.717) is 19.6 Å². The van der Waals surface area contributed by atoms with Gasteiger partial charge in [-0.1, -0.05) is 0 Å². The number of ether oxygens (including phenoxy) is 1. The third kappa shape index (κ3) is 3.34. The van der Waals surface area contributed by atoms with Crippen LogP contribution in [0.15, 0.2) is 36.8 Å². The van der Waals surface area contributed by atoms with Crippen LogP contribution in [0.3, 0.4) is 0 Å². The van der Waals surface area contributed by atoms with Crippen LogP contribution in [0.4, 0.5) is 0 Å². The molecule has 2 aliphatic rings. The largest absolute Gasteiger partial charge is 0.497 e. The zero-order chi connectivity index (χ0) is 24.0. The Labute approximate surface area is 198 Å². The number of fused-ring (bicyclic) bond motifs is 4. The van der Waals surface area contributed by atoms with Crippen LogP contribution in [0.5, 0.6) is 5.75 Å². The van der Waals surface area contributed by atoms with E-state index >= 15 is 0 Å². The van der Waals surface area contributed by atoms with Gasteiger partial charge >= 0.3 is 0 Å². The SMILES string of the molecule is COc1ccc2c3c(n(C)c2c1)[C@H](CO)N(C(=O)c1cnccn1)CC31CCN(C(C)=O)CC1. The number of aliphatic hydroxyl groups is 1. The summed E-state index contributed by atoms with van der Waals surface area (Å²) in [5, 5.41) is 11.6. The Hall–Kier alpha value is -3.46. The lowest BCUT2D eigenvalue weighted by Gasteiger charge is -2.50. The standard InChI is InChI=1S/C25H29N5O4/c1-16(32)29-10-6-25(7-11-29)15-30(24(33)19-13-26-8-9-27-19)21(14-31)23-22(25)18-5-4-17(34-3)12-20(18)28(23)2/h4-5,8-9,12-13,21,31H,6-7,10-11,14-15H2,1-3H3/t21-/m0/s1. The highest BCUT2D eigenvalue weighted by Gasteiger charge is 2.49. The van der Waals surface area contributed by atoms with Gasteiger partial charge in [-0.15, -0.1) is 0 Å². The number of benzene rings is 1. The van der Waals surface area contributed by atoms with Crippen molar-refractivity contribution in [2.24, 2.45) is 7.05 Å². The van der Waals surface area contributed by atoms with Crippen LogP contribution in [0, 0.1) is 0 Å². The molecule has 1 saturated heterocycles. The van der Waals surface area contributed by atoms with Gasteiger partial charge in [-0.05, 0) is 30.5 Å². The second-order valence-corrected chi connectivity index (χ2v) is 9.21. The fraction of sp³-hybridized carbons (Fsp3) is 0.440. The molecule has 2 aliphatic heterocycles. The summed E-state index contributed by atoms with van der Waals surface area (Å²) in [6, 6.07) is 5.49. The van der Waals surface area contributed by atoms with Gasteiger partial charge in [-0.3, -0.25) is 14.6 Å². The van der Waals surface area contributed by atoms with Crippen molar-refractivity contribution in [3.8, 4) is 5.75 Å². The molecule has 1 aromatic carbocycles. The Bertz CT molecular complexity index is 1250. The first-order valence-electron chi connectivity index (χ1n) is 11.5. The summed E-state index contributed by atoms with van der Waals surface area (Å²) < 4.78 is 7.54. The second-order valence-electron chi connectivity index (χ2n) is 9.21. The van der Waals surface area contributed by atoms with E-state index in [1.165, 1.54) is 18.6 Å². The molecule has 2 aromatic heterocycles. The highest BCUT2D eigenvalue weighted by atomic mass is 16.5. The molecule has 0 saturated carbocycles. The number of aliphatic hydroxyl groups excluding tert-OH is 1. The first kappa shape index (κ1) is 22.3. The van der Waals surface area contributed by atoms with E-state index in [1.54, 1.807) is 18.9 Å². The molecule has 1 fully saturated rings. The quantitative estimate of drug-likeness (QED) is 0.638. The van der Waals surface area contributed by atoms with Gasteiger partial charge in [0.15, 0.2) is 0 Å². The highest BCUT2D eigenvalue weighted by Crippen LogP contribution is 2.50. The number of amides is 2. The van der Waals surface area contributed by atoms with Gasteiger partial charge in [0.1, 0.15) is 11.4 Å². The molecule has 178 valence electrons. The van der Waals surface area contributed by atoms with Gasteiger partial charge in [0, 0.05) is 68.6 Å². The molecule has 0 unspecified atom stereocenters. The van der Waals surface area contributed by atoms with Crippen molar-refractivity contribution < 1.29 is 19.4 Å². The molecule has 4 heterocycles. The lowest BCUT2D eigenvalue weighted by Crippen LogP contribution is -2.56. The van der Waals surface area contributed by atoms with Crippen molar-refractivity contribution in [1.82, 2.24) is 24.3 Å². The third-order valence-electron chi connectivity index (χ3n) is 7.53. The lowest BCUT2D eigenvalue weighted by atomic mass is 9.68. The van der Waals surface area contributed by atoms with E-state index in [1.807, 2.05) is 24.1 Å². The van der Waals surface area contributed by atoms with E-state index in [0.717, 1.165) is 40.8 Å². The average Bonchev–Trinajstić information content (AvgIpc) is 3.17. The van der Waals surface area contributed by atoms with E-state index in [4.69, 9.17) is 4.74 Å². The van der Waals surface area contributed by atoms with Crippen molar-refractivity contribution >= 4 is 22.7 Å². The maximum atomic E-state index is 13.6. The molecule has 9 nitrogen and oxygen atoms in total. The third-order valence-corrected chi connectivity index (χ3v) is 7.53. The zero-order valence-electron chi connectivity index (χ0n) is 19.7. The van der Waals surface area contributed by atoms with Crippen LogP contribution in [-0.4, -0.2) is 74.6 Å². The normalized spacial score (nSPS) is 19.4. The highest BCUT2D eigenvalue weighted by molar-refractivity contribution is 5.94. The molecular formula is C25H29N5O4. The number of methoxy groups -OCH3 is 1. The van der Waals surface area contributed by atoms with Crippen molar-refractivity contribution in [2.45, 2.75) is 31.2 Å². The molecule has 1 spiro atoms. The minimum Gasteiger partial charge on any atom is -0.497 e. The Balaban J connectivity index is 1.70. The zero-order valence-corrected chi connectivity index (χ0v) is 19.7. The van der Waals surface area contributed by atoms with Gasteiger partial charge < -0.3 is 24.2 Å². The van der Waals surface area contributed by atoms with E-state index in [2.05, 4.69) is 20.6 Å². The number of hydrogen-bond donors (Lipinski definition) is 1. The molecule has 34 heavy (non-hydrogen) atoms. The number of nitrogens with zero attached hydrogens (tertiary/aromatic N) is 5. The van der Waals surface area contributed by atoms with Gasteiger partial charge in [0.25, 0.3) is 5.91 Å². The topological polar surface area (TPSA) is 101 Å². The van der Waals surface area contributed by atoms with Crippen LogP contribution >= 0.6 is 0 Å². The number of likely N-dealkylation sites (tertiary alicyclic amines) is 1. The van der Waals surface area contributed by atoms with Gasteiger partial charge in [0.05, 0.1) is 31.5 Å². The van der Waals surface area contributed by atoms with Crippen LogP contribution in [0.1, 0.15) is 47.6 Å². The summed E-state index contributed by atoms with van der Waals surface area (Å²) in [4.78, 5) is 37.6. The van der Waals surface area contributed by atoms with Crippen LogP contribution < -0.4 is 4.74 Å². The van der Waals surface area contributed by atoms with Crippen molar-refractivity contribution in [3.05, 3.63) is 53.7 Å². The molecule has 0 aliphatic carbocycles. The number of rotatable bonds is 3. The van der Waals surface area contributed by atoms with E-state index < -0.39 is 6.04 Å². The van der Waals surface area contributed by atoms with Crippen molar-refractivity contribution in [2.75, 3.05) is 33.4 Å². The Kier molecular flexibility index (Phi) is 5.51. The van der Waals surface area contributed by atoms with Crippen molar-refractivity contribution in [1.29, 1.82) is 0 Å². The van der Waals surface area contributed by atoms with E-state index in [9.17, 15) is 14.7 Å². The lowest BCUT2D eigenvalue weighted by molar-refractivity contribution is -0.130. The summed E-state index contributed by atoms with van der Waals surface area (Å²) in [5.74, 6) is 0.558. The summed E-state index contributed by atoms with van der Waals surface area (Å²) >= 11 is 0. The maximum Gasteiger partial charge on any atom is 0.274 e. The van der Waals surface area contributed by atoms with Crippen LogP contribution in [0.25, 0.3) is 10.9 Å². The average molecular weight is 464 g/mol. The van der Waals surface area contributed by atoms with Crippen LogP contribution in [-0.2, 0) is 17.3 Å². The maximum absolute atomic E-state index is 13.6. The second kappa shape index (κ2) is 8.39.